The maximum atomic E-state index is 11.4. The van der Waals surface area contributed by atoms with E-state index in [1.807, 2.05) is 6.08 Å². The third kappa shape index (κ3) is 5.21. The highest BCUT2D eigenvalue weighted by Gasteiger charge is 2.50. The fourth-order valence-corrected chi connectivity index (χ4v) is 6.39. The Kier molecular flexibility index (Phi) is 7.77. The first-order valence-corrected chi connectivity index (χ1v) is 12.4. The minimum Gasteiger partial charge on any atom is -0.481 e. The van der Waals surface area contributed by atoms with Gasteiger partial charge in [0.25, 0.3) is 0 Å². The van der Waals surface area contributed by atoms with Crippen molar-refractivity contribution in [2.24, 2.45) is 28.6 Å². The smallest absolute Gasteiger partial charge is 0.312 e. The molecule has 0 radical (unpaired) electrons. The predicted octanol–water partition coefficient (Wildman–Crippen LogP) is 4.79. The lowest BCUT2D eigenvalue weighted by Gasteiger charge is -2.44. The lowest BCUT2D eigenvalue weighted by atomic mass is 9.61. The van der Waals surface area contributed by atoms with E-state index >= 15 is 0 Å². The average molecular weight is 459 g/mol. The summed E-state index contributed by atoms with van der Waals surface area (Å²) in [5, 5.41) is 39.9. The summed E-state index contributed by atoms with van der Waals surface area (Å²) in [5.74, 6) is 0.219. The van der Waals surface area contributed by atoms with Crippen LogP contribution in [0.5, 0.6) is 0 Å². The van der Waals surface area contributed by atoms with E-state index in [9.17, 15) is 25.2 Å². The van der Waals surface area contributed by atoms with Crippen LogP contribution in [0.1, 0.15) is 72.6 Å². The van der Waals surface area contributed by atoms with E-state index < -0.39 is 29.7 Å². The van der Waals surface area contributed by atoms with Crippen molar-refractivity contribution < 1.29 is 25.2 Å². The van der Waals surface area contributed by atoms with E-state index in [2.05, 4.69) is 32.6 Å². The first-order chi connectivity index (χ1) is 15.4. The van der Waals surface area contributed by atoms with Gasteiger partial charge in [0.05, 0.1) is 23.7 Å². The van der Waals surface area contributed by atoms with Crippen LogP contribution in [-0.4, -0.2) is 44.7 Å². The number of fused-ring (bicyclic) bond motifs is 1. The van der Waals surface area contributed by atoms with Crippen molar-refractivity contribution in [3.05, 3.63) is 47.6 Å². The predicted molar refractivity (Wildman–Crippen MR) is 130 cm³/mol. The molecule has 0 aromatic rings. The average Bonchev–Trinajstić information content (AvgIpc) is 3.10. The normalized spacial score (nSPS) is 37.5. The lowest BCUT2D eigenvalue weighted by molar-refractivity contribution is -0.151. The minimum atomic E-state index is -1.21. The van der Waals surface area contributed by atoms with Crippen molar-refractivity contribution in [2.45, 2.75) is 91.0 Å². The van der Waals surface area contributed by atoms with Gasteiger partial charge in [-0.1, -0.05) is 50.3 Å². The largest absolute Gasteiger partial charge is 0.481 e. The summed E-state index contributed by atoms with van der Waals surface area (Å²) in [4.78, 5) is 11.4. The van der Waals surface area contributed by atoms with Crippen LogP contribution in [0.25, 0.3) is 0 Å². The Labute approximate surface area is 198 Å². The van der Waals surface area contributed by atoms with E-state index in [-0.39, 0.29) is 11.3 Å². The number of carboxylic acids is 1. The minimum absolute atomic E-state index is 0.169. The fraction of sp³-hybridized carbons (Fsp3) is 0.679. The summed E-state index contributed by atoms with van der Waals surface area (Å²) < 4.78 is 0. The quantitative estimate of drug-likeness (QED) is 0.429. The molecule has 33 heavy (non-hydrogen) atoms. The molecular weight excluding hydrogens is 416 g/mol. The van der Waals surface area contributed by atoms with Gasteiger partial charge in [0.1, 0.15) is 0 Å². The zero-order valence-corrected chi connectivity index (χ0v) is 20.6. The number of aliphatic hydroxyl groups is 3. The number of carbonyl (C=O) groups is 1. The van der Waals surface area contributed by atoms with Crippen LogP contribution in [-0.2, 0) is 4.79 Å². The van der Waals surface area contributed by atoms with Gasteiger partial charge in [0, 0.05) is 6.42 Å². The summed E-state index contributed by atoms with van der Waals surface area (Å²) in [6.07, 6.45) is 12.3. The Morgan fingerprint density at radius 3 is 2.58 bits per heavy atom. The van der Waals surface area contributed by atoms with Crippen LogP contribution >= 0.6 is 0 Å². The molecule has 0 spiro atoms. The van der Waals surface area contributed by atoms with Gasteiger partial charge in [-0.15, -0.1) is 0 Å². The highest BCUT2D eigenvalue weighted by molar-refractivity contribution is 5.74. The fourth-order valence-electron chi connectivity index (χ4n) is 6.39. The second-order valence-corrected chi connectivity index (χ2v) is 11.4. The molecule has 184 valence electrons. The van der Waals surface area contributed by atoms with E-state index in [1.165, 1.54) is 12.0 Å². The Balaban J connectivity index is 1.76. The first-order valence-electron chi connectivity index (χ1n) is 12.4. The lowest BCUT2D eigenvalue weighted by Crippen LogP contribution is -2.37. The van der Waals surface area contributed by atoms with Crippen LogP contribution in [0.2, 0.25) is 0 Å². The molecule has 0 saturated heterocycles. The molecule has 5 nitrogen and oxygen atoms in total. The second-order valence-electron chi connectivity index (χ2n) is 11.4. The molecule has 0 heterocycles. The van der Waals surface area contributed by atoms with Gasteiger partial charge in [0.15, 0.2) is 0 Å². The molecule has 0 unspecified atom stereocenters. The SMILES string of the molecule is C=C1C(=CC=C2CCC[C@]3(C)[C@@H]([C@H](C)C=C[C@@H](O)C(C)(C)C(=O)O)CC[C@@H]23)C[C@@H](O)C[C@@H]1O. The number of allylic oxidation sites excluding steroid dienone is 4. The van der Waals surface area contributed by atoms with Gasteiger partial charge >= 0.3 is 5.97 Å². The molecule has 4 N–H and O–H groups in total. The molecule has 3 saturated carbocycles. The number of rotatable bonds is 6. The molecule has 0 aromatic carbocycles. The molecule has 0 amide bonds. The maximum absolute atomic E-state index is 11.4. The summed E-state index contributed by atoms with van der Waals surface area (Å²) in [6, 6.07) is 0. The topological polar surface area (TPSA) is 98.0 Å². The molecule has 3 fully saturated rings. The summed E-state index contributed by atoms with van der Waals surface area (Å²) in [6.45, 7) is 11.7. The van der Waals surface area contributed by atoms with Crippen LogP contribution in [0.4, 0.5) is 0 Å². The molecule has 0 aromatic heterocycles. The Bertz CT molecular complexity index is 850. The maximum Gasteiger partial charge on any atom is 0.312 e. The summed E-state index contributed by atoms with van der Waals surface area (Å²) >= 11 is 0. The first kappa shape index (κ1) is 25.9. The van der Waals surface area contributed by atoms with E-state index in [0.717, 1.165) is 36.8 Å². The molecular formula is C28H42O5. The molecule has 0 bridgehead atoms. The van der Waals surface area contributed by atoms with Crippen LogP contribution in [0, 0.1) is 28.6 Å². The van der Waals surface area contributed by atoms with Gasteiger partial charge in [-0.3, -0.25) is 4.79 Å². The van der Waals surface area contributed by atoms with E-state index in [0.29, 0.717) is 24.7 Å². The van der Waals surface area contributed by atoms with Crippen LogP contribution in [0.15, 0.2) is 47.6 Å². The second kappa shape index (κ2) is 9.89. The van der Waals surface area contributed by atoms with Gasteiger partial charge in [-0.25, -0.2) is 0 Å². The number of hydrogen-bond donors (Lipinski definition) is 4. The standard InChI is InChI=1S/C28H42O5/c1-17(8-13-25(31)27(3,4)26(32)33)22-11-12-23-19(7-6-14-28(22,23)5)9-10-20-15-21(29)16-24(30)18(20)2/h8-10,13,17,21-25,29-31H,2,6-7,11-12,14-16H2,1,3-5H3,(H,32,33)/t17-,21-,22-,23+,24+,25-,28-/m1/s1. The van der Waals surface area contributed by atoms with E-state index in [4.69, 9.17) is 0 Å². The van der Waals surface area contributed by atoms with Gasteiger partial charge in [-0.2, -0.15) is 0 Å². The molecule has 3 rings (SSSR count). The number of aliphatic hydroxyl groups excluding tert-OH is 3. The zero-order valence-electron chi connectivity index (χ0n) is 20.6. The Hall–Kier alpha value is -1.69. The van der Waals surface area contributed by atoms with Crippen molar-refractivity contribution in [3.63, 3.8) is 0 Å². The third-order valence-corrected chi connectivity index (χ3v) is 8.82. The third-order valence-electron chi connectivity index (χ3n) is 8.82. The van der Waals surface area contributed by atoms with E-state index in [1.54, 1.807) is 19.9 Å². The van der Waals surface area contributed by atoms with Crippen molar-refractivity contribution in [2.75, 3.05) is 0 Å². The monoisotopic (exact) mass is 458 g/mol. The number of aliphatic carboxylic acids is 1. The Morgan fingerprint density at radius 1 is 1.21 bits per heavy atom. The molecule has 5 heteroatoms. The zero-order chi connectivity index (χ0) is 24.6. The Morgan fingerprint density at radius 2 is 1.91 bits per heavy atom. The van der Waals surface area contributed by atoms with Crippen LogP contribution < -0.4 is 0 Å². The molecule has 3 aliphatic carbocycles. The number of hydrogen-bond acceptors (Lipinski definition) is 4. The van der Waals surface area contributed by atoms with Gasteiger partial charge in [0.2, 0.25) is 0 Å². The molecule has 3 aliphatic rings. The number of carboxylic acid groups (broad SMARTS) is 1. The van der Waals surface area contributed by atoms with Crippen molar-refractivity contribution in [1.29, 1.82) is 0 Å². The molecule has 0 aliphatic heterocycles. The highest BCUT2D eigenvalue weighted by Crippen LogP contribution is 2.59. The summed E-state index contributed by atoms with van der Waals surface area (Å²) in [5.41, 5.74) is 2.08. The van der Waals surface area contributed by atoms with Gasteiger partial charge < -0.3 is 20.4 Å². The van der Waals surface area contributed by atoms with Crippen LogP contribution in [0.3, 0.4) is 0 Å². The highest BCUT2D eigenvalue weighted by atomic mass is 16.4. The van der Waals surface area contributed by atoms with Crippen molar-refractivity contribution >= 4 is 5.97 Å². The van der Waals surface area contributed by atoms with Crippen molar-refractivity contribution in [1.82, 2.24) is 0 Å². The van der Waals surface area contributed by atoms with Crippen molar-refractivity contribution in [3.8, 4) is 0 Å². The van der Waals surface area contributed by atoms with Gasteiger partial charge in [-0.05, 0) is 86.7 Å². The molecule has 7 atom stereocenters. The summed E-state index contributed by atoms with van der Waals surface area (Å²) in [7, 11) is 0.